The Morgan fingerprint density at radius 1 is 1.06 bits per heavy atom. The van der Waals surface area contributed by atoms with Crippen LogP contribution in [-0.4, -0.2) is 32.9 Å². The summed E-state index contributed by atoms with van der Waals surface area (Å²) in [5.41, 5.74) is 0.638. The van der Waals surface area contributed by atoms with Crippen molar-refractivity contribution in [2.75, 3.05) is 26.9 Å². The highest BCUT2D eigenvalue weighted by Gasteiger charge is 2.46. The molecule has 1 fully saturated rings. The number of esters is 1. The molecule has 6 nitrogen and oxygen atoms in total. The van der Waals surface area contributed by atoms with Gasteiger partial charge in [0.25, 0.3) is 0 Å². The van der Waals surface area contributed by atoms with Gasteiger partial charge in [-0.1, -0.05) is 42.5 Å². The van der Waals surface area contributed by atoms with Crippen molar-refractivity contribution in [3.05, 3.63) is 65.7 Å². The van der Waals surface area contributed by atoms with E-state index >= 15 is 0 Å². The topological polar surface area (TPSA) is 92.3 Å². The smallest absolute Gasteiger partial charge is 0.306 e. The van der Waals surface area contributed by atoms with Crippen LogP contribution < -0.4 is 4.74 Å². The van der Waals surface area contributed by atoms with E-state index < -0.39 is 11.3 Å². The first-order valence-electron chi connectivity index (χ1n) is 11.3. The molecule has 1 saturated heterocycles. The average Bonchev–Trinajstić information content (AvgIpc) is 2.92. The Morgan fingerprint density at radius 3 is 2.36 bits per heavy atom. The Kier molecular flexibility index (Phi) is 8.46. The van der Waals surface area contributed by atoms with Crippen LogP contribution in [0.3, 0.4) is 0 Å². The lowest BCUT2D eigenvalue weighted by Crippen LogP contribution is -2.35. The Bertz CT molecular complexity index is 978. The molecule has 0 aliphatic carbocycles. The maximum Gasteiger partial charge on any atom is 0.306 e. The third kappa shape index (κ3) is 5.72. The molecule has 0 radical (unpaired) electrons. The Balaban J connectivity index is 2.00. The summed E-state index contributed by atoms with van der Waals surface area (Å²) < 4.78 is 16.6. The number of benzene rings is 2. The molecule has 3 rings (SSSR count). The molecular weight excluding hydrogens is 416 g/mol. The third-order valence-corrected chi connectivity index (χ3v) is 6.42. The van der Waals surface area contributed by atoms with Gasteiger partial charge in [0, 0.05) is 17.8 Å². The molecule has 0 spiro atoms. The summed E-state index contributed by atoms with van der Waals surface area (Å²) in [4.78, 5) is 12.5. The van der Waals surface area contributed by atoms with E-state index in [2.05, 4.69) is 12.1 Å². The monoisotopic (exact) mass is 446 g/mol. The molecule has 0 saturated carbocycles. The van der Waals surface area contributed by atoms with Crippen LogP contribution in [0, 0.1) is 34.0 Å². The number of hydrogen-bond acceptors (Lipinski definition) is 6. The molecule has 0 amide bonds. The van der Waals surface area contributed by atoms with Gasteiger partial charge in [-0.05, 0) is 43.0 Å². The lowest BCUT2D eigenvalue weighted by Gasteiger charge is -2.35. The summed E-state index contributed by atoms with van der Waals surface area (Å²) in [6.45, 7) is 2.75. The predicted molar refractivity (Wildman–Crippen MR) is 123 cm³/mol. The molecule has 3 atom stereocenters. The van der Waals surface area contributed by atoms with Crippen LogP contribution >= 0.6 is 0 Å². The van der Waals surface area contributed by atoms with Crippen LogP contribution in [-0.2, 0) is 14.3 Å². The number of hydrogen-bond donors (Lipinski definition) is 0. The van der Waals surface area contributed by atoms with Crippen LogP contribution in [0.4, 0.5) is 0 Å². The lowest BCUT2D eigenvalue weighted by atomic mass is 9.64. The molecule has 0 aromatic heterocycles. The minimum Gasteiger partial charge on any atom is -0.497 e. The van der Waals surface area contributed by atoms with Crippen molar-refractivity contribution in [3.63, 3.8) is 0 Å². The molecule has 1 aliphatic rings. The van der Waals surface area contributed by atoms with E-state index in [9.17, 15) is 15.3 Å². The zero-order chi connectivity index (χ0) is 23.7. The summed E-state index contributed by atoms with van der Waals surface area (Å²) in [7, 11) is 1.62. The van der Waals surface area contributed by atoms with E-state index in [-0.39, 0.29) is 37.4 Å². The van der Waals surface area contributed by atoms with E-state index in [1.807, 2.05) is 54.6 Å². The zero-order valence-corrected chi connectivity index (χ0v) is 19.2. The molecule has 3 unspecified atom stereocenters. The highest BCUT2D eigenvalue weighted by Crippen LogP contribution is 2.47. The fraction of sp³-hybridized carbons (Fsp3) is 0.444. The van der Waals surface area contributed by atoms with Crippen molar-refractivity contribution >= 4 is 5.97 Å². The van der Waals surface area contributed by atoms with Crippen molar-refractivity contribution in [2.24, 2.45) is 11.3 Å². The molecule has 2 aromatic rings. The molecule has 172 valence electrons. The minimum absolute atomic E-state index is 0.0229. The summed E-state index contributed by atoms with van der Waals surface area (Å²) in [6, 6.07) is 22.0. The van der Waals surface area contributed by atoms with Crippen LogP contribution in [0.1, 0.15) is 49.1 Å². The van der Waals surface area contributed by atoms with E-state index in [1.54, 1.807) is 14.0 Å². The van der Waals surface area contributed by atoms with E-state index in [1.165, 1.54) is 0 Å². The van der Waals surface area contributed by atoms with Crippen LogP contribution in [0.25, 0.3) is 0 Å². The maximum absolute atomic E-state index is 12.5. The highest BCUT2D eigenvalue weighted by atomic mass is 16.5. The van der Waals surface area contributed by atoms with Crippen molar-refractivity contribution in [2.45, 2.75) is 38.0 Å². The number of nitrogens with zero attached hydrogens (tertiary/aromatic N) is 2. The molecule has 2 aromatic carbocycles. The largest absolute Gasteiger partial charge is 0.497 e. The summed E-state index contributed by atoms with van der Waals surface area (Å²) in [6.07, 6.45) is 1.08. The molecule has 6 heteroatoms. The van der Waals surface area contributed by atoms with Gasteiger partial charge in [0.05, 0.1) is 45.5 Å². The Labute approximate surface area is 195 Å². The van der Waals surface area contributed by atoms with Gasteiger partial charge in [-0.3, -0.25) is 4.79 Å². The van der Waals surface area contributed by atoms with Crippen molar-refractivity contribution < 1.29 is 19.0 Å². The van der Waals surface area contributed by atoms with Crippen LogP contribution in [0.2, 0.25) is 0 Å². The van der Waals surface area contributed by atoms with E-state index in [4.69, 9.17) is 14.2 Å². The second-order valence-corrected chi connectivity index (χ2v) is 8.40. The van der Waals surface area contributed by atoms with Crippen molar-refractivity contribution in [1.82, 2.24) is 0 Å². The maximum atomic E-state index is 12.5. The molecule has 1 aliphatic heterocycles. The fourth-order valence-corrected chi connectivity index (χ4v) is 4.74. The van der Waals surface area contributed by atoms with Crippen molar-refractivity contribution in [1.29, 1.82) is 10.5 Å². The first-order valence-corrected chi connectivity index (χ1v) is 11.3. The first-order chi connectivity index (χ1) is 16.1. The molecular formula is C27H30N2O4. The van der Waals surface area contributed by atoms with Crippen LogP contribution in [0.15, 0.2) is 54.6 Å². The number of rotatable bonds is 6. The summed E-state index contributed by atoms with van der Waals surface area (Å²) in [5, 5.41) is 20.6. The number of nitriles is 2. The average molecular weight is 447 g/mol. The van der Waals surface area contributed by atoms with E-state index in [0.717, 1.165) is 16.9 Å². The molecule has 0 N–H and O–H groups in total. The quantitative estimate of drug-likeness (QED) is 0.581. The number of carbonyl (C=O) groups excluding carboxylic acids is 1. The second kappa shape index (κ2) is 11.5. The second-order valence-electron chi connectivity index (χ2n) is 8.40. The van der Waals surface area contributed by atoms with Gasteiger partial charge in [-0.2, -0.15) is 10.5 Å². The van der Waals surface area contributed by atoms with Gasteiger partial charge in [0.1, 0.15) is 5.75 Å². The third-order valence-electron chi connectivity index (χ3n) is 6.42. The number of carbonyl (C=O) groups is 1. The summed E-state index contributed by atoms with van der Waals surface area (Å²) >= 11 is 0. The molecule has 0 bridgehead atoms. The van der Waals surface area contributed by atoms with Gasteiger partial charge in [-0.15, -0.1) is 0 Å². The normalized spacial score (nSPS) is 22.5. The Hall–Kier alpha value is -3.35. The van der Waals surface area contributed by atoms with Gasteiger partial charge in [0.2, 0.25) is 0 Å². The Morgan fingerprint density at radius 2 is 1.76 bits per heavy atom. The SMILES string of the molecule is CCOC(=O)CC1COCC(c2ccc(OC)cc2)CCC(C#N)(C#N)C1c1ccccc1. The van der Waals surface area contributed by atoms with Gasteiger partial charge in [0.15, 0.2) is 5.41 Å². The number of methoxy groups -OCH3 is 1. The lowest BCUT2D eigenvalue weighted by molar-refractivity contribution is -0.145. The molecule has 33 heavy (non-hydrogen) atoms. The zero-order valence-electron chi connectivity index (χ0n) is 19.2. The minimum atomic E-state index is -1.29. The molecule has 1 heterocycles. The summed E-state index contributed by atoms with van der Waals surface area (Å²) in [5.74, 6) is -0.393. The first kappa shape index (κ1) is 24.3. The van der Waals surface area contributed by atoms with E-state index in [0.29, 0.717) is 19.4 Å². The van der Waals surface area contributed by atoms with Gasteiger partial charge < -0.3 is 14.2 Å². The van der Waals surface area contributed by atoms with Crippen molar-refractivity contribution in [3.8, 4) is 17.9 Å². The van der Waals surface area contributed by atoms with Crippen LogP contribution in [0.5, 0.6) is 5.75 Å². The standard InChI is InChI=1S/C27H30N2O4/c1-3-33-25(30)15-23-17-32-16-22(20-9-11-24(31-2)12-10-20)13-14-27(18-28,19-29)26(23)21-7-5-4-6-8-21/h4-12,22-23,26H,3,13-17H2,1-2H3. The van der Waals surface area contributed by atoms with Gasteiger partial charge >= 0.3 is 5.97 Å². The van der Waals surface area contributed by atoms with Gasteiger partial charge in [-0.25, -0.2) is 0 Å². The highest BCUT2D eigenvalue weighted by molar-refractivity contribution is 5.70. The predicted octanol–water partition coefficient (Wildman–Crippen LogP) is 4.98. The number of ether oxygens (including phenoxy) is 3. The fourth-order valence-electron chi connectivity index (χ4n) is 4.74.